The molecule has 1 N–H and O–H groups in total. The summed E-state index contributed by atoms with van der Waals surface area (Å²) in [5.74, 6) is -1.72. The second kappa shape index (κ2) is 11.1. The molecule has 0 bridgehead atoms. The van der Waals surface area contributed by atoms with Crippen LogP contribution in [0.15, 0.2) is 87.1 Å². The normalized spacial score (nSPS) is 19.6. The zero-order valence-corrected chi connectivity index (χ0v) is 25.4. The summed E-state index contributed by atoms with van der Waals surface area (Å²) in [6, 6.07) is 20.9. The summed E-state index contributed by atoms with van der Waals surface area (Å²) in [7, 11) is 1.57. The van der Waals surface area contributed by atoms with Crippen LogP contribution in [0.2, 0.25) is 5.02 Å². The van der Waals surface area contributed by atoms with Gasteiger partial charge in [-0.2, -0.15) is 0 Å². The van der Waals surface area contributed by atoms with Crippen molar-refractivity contribution in [2.75, 3.05) is 17.3 Å². The first kappa shape index (κ1) is 27.8. The lowest BCUT2D eigenvalue weighted by molar-refractivity contribution is -0.122. The molecule has 3 amide bonds. The van der Waals surface area contributed by atoms with Gasteiger partial charge in [-0.15, -0.1) is 0 Å². The molecule has 4 aromatic rings. The number of rotatable bonds is 6. The van der Waals surface area contributed by atoms with Gasteiger partial charge in [-0.05, 0) is 66.2 Å². The van der Waals surface area contributed by atoms with E-state index in [1.54, 1.807) is 67.8 Å². The highest BCUT2D eigenvalue weighted by Crippen LogP contribution is 2.54. The van der Waals surface area contributed by atoms with Crippen molar-refractivity contribution < 1.29 is 19.1 Å². The van der Waals surface area contributed by atoms with Gasteiger partial charge in [0.2, 0.25) is 17.7 Å². The molecule has 41 heavy (non-hydrogen) atoms. The second-order valence-corrected chi connectivity index (χ2v) is 13.0. The molecule has 1 saturated heterocycles. The number of aromatic nitrogens is 1. The van der Waals surface area contributed by atoms with Crippen LogP contribution in [0.1, 0.15) is 16.4 Å². The Hall–Kier alpha value is -3.38. The number of ether oxygens (including phenoxy) is 1. The molecule has 1 fully saturated rings. The van der Waals surface area contributed by atoms with Crippen LogP contribution in [0.3, 0.4) is 0 Å². The number of carbonyl (C=O) groups is 3. The lowest BCUT2D eigenvalue weighted by Gasteiger charge is -2.30. The molecule has 2 aliphatic rings. The lowest BCUT2D eigenvalue weighted by Crippen LogP contribution is -2.33. The third kappa shape index (κ3) is 5.12. The van der Waals surface area contributed by atoms with Gasteiger partial charge < -0.3 is 10.1 Å². The summed E-state index contributed by atoms with van der Waals surface area (Å²) >= 11 is 11.5. The molecule has 3 aromatic carbocycles. The first-order chi connectivity index (χ1) is 19.7. The van der Waals surface area contributed by atoms with E-state index in [1.165, 1.54) is 21.2 Å². The largest absolute Gasteiger partial charge is 0.497 e. The van der Waals surface area contributed by atoms with E-state index < -0.39 is 23.0 Å². The molecule has 0 radical (unpaired) electrons. The maximum absolute atomic E-state index is 14.0. The van der Waals surface area contributed by atoms with Crippen LogP contribution in [0, 0.1) is 5.92 Å². The number of fused-ring (bicyclic) bond motifs is 2. The average molecular weight is 671 g/mol. The number of thiazole rings is 1. The summed E-state index contributed by atoms with van der Waals surface area (Å²) in [4.78, 5) is 55.6. The zero-order chi connectivity index (χ0) is 28.8. The molecule has 3 unspecified atom stereocenters. The van der Waals surface area contributed by atoms with Crippen LogP contribution in [-0.2, 0) is 20.9 Å². The third-order valence-corrected chi connectivity index (χ3v) is 10.4. The van der Waals surface area contributed by atoms with Crippen molar-refractivity contribution in [2.45, 2.75) is 22.7 Å². The van der Waals surface area contributed by atoms with E-state index in [0.717, 1.165) is 21.4 Å². The minimum atomic E-state index is -0.773. The number of hydrogen-bond acceptors (Lipinski definition) is 7. The van der Waals surface area contributed by atoms with Gasteiger partial charge in [-0.1, -0.05) is 62.8 Å². The molecule has 3 heterocycles. The van der Waals surface area contributed by atoms with Crippen LogP contribution in [-0.4, -0.2) is 34.6 Å². The van der Waals surface area contributed by atoms with Crippen molar-refractivity contribution in [3.8, 4) is 5.75 Å². The molecule has 3 atom stereocenters. The maximum Gasteiger partial charge on any atom is 0.308 e. The summed E-state index contributed by atoms with van der Waals surface area (Å²) in [6.45, 7) is -0.244. The highest BCUT2D eigenvalue weighted by Gasteiger charge is 2.56. The highest BCUT2D eigenvalue weighted by atomic mass is 79.9. The predicted molar refractivity (Wildman–Crippen MR) is 163 cm³/mol. The summed E-state index contributed by atoms with van der Waals surface area (Å²) in [6.07, 6.45) is 0. The SMILES string of the molecule is COc1ccc(C2c3sc(=O)n(CC(=O)Nc4ccc(Cl)cc4)c3SC3C(=O)N(c4ccc(Br)cc4)C(=O)C32)cc1. The van der Waals surface area contributed by atoms with E-state index >= 15 is 0 Å². The molecular formula is C29H21BrClN3O5S2. The topological polar surface area (TPSA) is 97.7 Å². The molecule has 8 nitrogen and oxygen atoms in total. The van der Waals surface area contributed by atoms with Gasteiger partial charge in [0, 0.05) is 26.0 Å². The number of amides is 3. The molecule has 0 saturated carbocycles. The van der Waals surface area contributed by atoms with E-state index in [9.17, 15) is 19.2 Å². The quantitative estimate of drug-likeness (QED) is 0.262. The van der Waals surface area contributed by atoms with Gasteiger partial charge in [0.05, 0.1) is 23.7 Å². The van der Waals surface area contributed by atoms with Crippen LogP contribution >= 0.6 is 50.6 Å². The first-order valence-corrected chi connectivity index (χ1v) is 15.3. The minimum absolute atomic E-state index is 0.244. The maximum atomic E-state index is 14.0. The smallest absolute Gasteiger partial charge is 0.308 e. The number of benzene rings is 3. The number of methoxy groups -OCH3 is 1. The second-order valence-electron chi connectivity index (χ2n) is 9.48. The molecule has 0 aliphatic carbocycles. The summed E-state index contributed by atoms with van der Waals surface area (Å²) < 4.78 is 7.53. The van der Waals surface area contributed by atoms with E-state index in [0.29, 0.717) is 32.1 Å². The van der Waals surface area contributed by atoms with Crippen LogP contribution in [0.4, 0.5) is 11.4 Å². The lowest BCUT2D eigenvalue weighted by atomic mass is 9.83. The van der Waals surface area contributed by atoms with Crippen LogP contribution < -0.4 is 19.8 Å². The monoisotopic (exact) mass is 669 g/mol. The molecule has 2 aliphatic heterocycles. The van der Waals surface area contributed by atoms with Gasteiger partial charge in [-0.25, -0.2) is 4.90 Å². The Bertz CT molecular complexity index is 1720. The Morgan fingerprint density at radius 2 is 1.66 bits per heavy atom. The van der Waals surface area contributed by atoms with E-state index in [1.807, 2.05) is 12.1 Å². The number of imide groups is 1. The molecule has 1 aromatic heterocycles. The first-order valence-electron chi connectivity index (χ1n) is 12.5. The van der Waals surface area contributed by atoms with Crippen molar-refractivity contribution in [3.63, 3.8) is 0 Å². The third-order valence-electron chi connectivity index (χ3n) is 7.04. The number of anilines is 2. The fourth-order valence-electron chi connectivity index (χ4n) is 5.15. The van der Waals surface area contributed by atoms with Gasteiger partial charge in [0.25, 0.3) is 0 Å². The van der Waals surface area contributed by atoms with Crippen molar-refractivity contribution in [3.05, 3.63) is 102 Å². The van der Waals surface area contributed by atoms with Crippen molar-refractivity contribution in [1.29, 1.82) is 0 Å². The highest BCUT2D eigenvalue weighted by molar-refractivity contribution is 9.10. The van der Waals surface area contributed by atoms with E-state index in [4.69, 9.17) is 16.3 Å². The fourth-order valence-corrected chi connectivity index (χ4v) is 8.31. The molecule has 12 heteroatoms. The number of nitrogens with one attached hydrogen (secondary N) is 1. The van der Waals surface area contributed by atoms with Gasteiger partial charge in [-0.3, -0.25) is 23.7 Å². The molecule has 208 valence electrons. The number of halogens is 2. The van der Waals surface area contributed by atoms with Crippen molar-refractivity contribution in [1.82, 2.24) is 4.57 Å². The zero-order valence-electron chi connectivity index (χ0n) is 21.4. The Morgan fingerprint density at radius 1 is 0.976 bits per heavy atom. The number of nitrogens with zero attached hydrogens (tertiary/aromatic N) is 2. The van der Waals surface area contributed by atoms with Gasteiger partial charge in [0.15, 0.2) is 0 Å². The average Bonchev–Trinajstić information content (AvgIpc) is 3.41. The molecule has 6 rings (SSSR count). The number of carbonyl (C=O) groups excluding carboxylic acids is 3. The van der Waals surface area contributed by atoms with Crippen LogP contribution in [0.25, 0.3) is 0 Å². The van der Waals surface area contributed by atoms with Crippen LogP contribution in [0.5, 0.6) is 5.75 Å². The van der Waals surface area contributed by atoms with Gasteiger partial charge in [0.1, 0.15) is 17.5 Å². The Labute approximate surface area is 256 Å². The number of hydrogen-bond donors (Lipinski definition) is 1. The minimum Gasteiger partial charge on any atom is -0.497 e. The Kier molecular flexibility index (Phi) is 7.54. The fraction of sp³-hybridized carbons (Fsp3) is 0.172. The molecular weight excluding hydrogens is 650 g/mol. The van der Waals surface area contributed by atoms with Crippen molar-refractivity contribution in [2.24, 2.45) is 5.92 Å². The molecule has 0 spiro atoms. The van der Waals surface area contributed by atoms with E-state index in [-0.39, 0.29) is 23.2 Å². The Balaban J connectivity index is 1.40. The summed E-state index contributed by atoms with van der Waals surface area (Å²) in [5, 5.41) is 3.07. The van der Waals surface area contributed by atoms with Crippen molar-refractivity contribution >= 4 is 79.7 Å². The Morgan fingerprint density at radius 3 is 2.32 bits per heavy atom. The van der Waals surface area contributed by atoms with Gasteiger partial charge >= 0.3 is 4.87 Å². The predicted octanol–water partition coefficient (Wildman–Crippen LogP) is 5.77. The number of thioether (sulfide) groups is 1. The van der Waals surface area contributed by atoms with E-state index in [2.05, 4.69) is 21.2 Å². The summed E-state index contributed by atoms with van der Waals surface area (Å²) in [5.41, 5.74) is 1.80. The standard InChI is InChI=1S/C29H21BrClN3O5S2/c1-39-20-12-2-15(3-13-20)22-23-24(27(37)34(26(23)36)19-10-4-16(30)5-11-19)40-28-25(22)41-29(38)33(28)14-21(35)32-18-8-6-17(31)7-9-18/h2-13,22-24H,14H2,1H3,(H,32,35).